The summed E-state index contributed by atoms with van der Waals surface area (Å²) in [5.41, 5.74) is -4.44. The molecule has 0 aliphatic carbocycles. The van der Waals surface area contributed by atoms with Gasteiger partial charge in [-0.15, -0.1) is 0 Å². The van der Waals surface area contributed by atoms with Gasteiger partial charge in [0.2, 0.25) is 0 Å². The number of methoxy groups -OCH3 is 1. The van der Waals surface area contributed by atoms with Crippen LogP contribution in [-0.2, 0) is 42.7 Å². The number of hydrogen-bond acceptors (Lipinski definition) is 15. The number of aliphatic hydroxyl groups is 4. The second-order valence-corrected chi connectivity index (χ2v) is 18.4. The zero-order chi connectivity index (χ0) is 43.4. The first-order chi connectivity index (χ1) is 26.3. The molecule has 3 heterocycles. The van der Waals surface area contributed by atoms with Crippen molar-refractivity contribution in [2.45, 2.75) is 205 Å². The van der Waals surface area contributed by atoms with Crippen LogP contribution in [0.1, 0.15) is 115 Å². The van der Waals surface area contributed by atoms with E-state index in [4.69, 9.17) is 33.2 Å². The van der Waals surface area contributed by atoms with E-state index in [2.05, 4.69) is 0 Å². The molecule has 3 aliphatic rings. The van der Waals surface area contributed by atoms with Gasteiger partial charge in [0.15, 0.2) is 12.6 Å². The molecular weight excluding hydrogens is 740 g/mol. The number of carbonyl (C=O) groups excluding carboxylic acids is 2. The van der Waals surface area contributed by atoms with Gasteiger partial charge in [-0.2, -0.15) is 0 Å². The van der Waals surface area contributed by atoms with E-state index in [1.54, 1.807) is 34.6 Å². The number of esters is 2. The molecule has 57 heavy (non-hydrogen) atoms. The minimum absolute atomic E-state index is 0.118. The molecule has 0 saturated carbocycles. The Morgan fingerprint density at radius 3 is 2.16 bits per heavy atom. The normalized spacial score (nSPS) is 46.2. The number of nitrogens with zero attached hydrogens (tertiary/aromatic N) is 2. The average molecular weight is 819 g/mol. The number of ether oxygens (including phenoxy) is 7. The monoisotopic (exact) mass is 819 g/mol. The van der Waals surface area contributed by atoms with Crippen molar-refractivity contribution < 1.29 is 63.2 Å². The van der Waals surface area contributed by atoms with Gasteiger partial charge in [-0.25, -0.2) is 0 Å². The zero-order valence-corrected chi connectivity index (χ0v) is 37.5. The van der Waals surface area contributed by atoms with E-state index in [-0.39, 0.29) is 43.7 Å². The molecule has 18 atom stereocenters. The first-order valence-corrected chi connectivity index (χ1v) is 21.1. The summed E-state index contributed by atoms with van der Waals surface area (Å²) < 4.78 is 43.9. The predicted molar refractivity (Wildman–Crippen MR) is 213 cm³/mol. The maximum absolute atomic E-state index is 14.5. The third-order valence-electron chi connectivity index (χ3n) is 12.9. The van der Waals surface area contributed by atoms with E-state index >= 15 is 0 Å². The minimum Gasteiger partial charge on any atom is -0.459 e. The highest BCUT2D eigenvalue weighted by atomic mass is 16.7. The second kappa shape index (κ2) is 20.4. The van der Waals surface area contributed by atoms with E-state index < -0.39 is 102 Å². The highest BCUT2D eigenvalue weighted by Gasteiger charge is 2.53. The van der Waals surface area contributed by atoms with Gasteiger partial charge >= 0.3 is 11.9 Å². The average Bonchev–Trinajstić information content (AvgIpc) is 3.12. The van der Waals surface area contributed by atoms with Gasteiger partial charge in [-0.1, -0.05) is 27.7 Å². The van der Waals surface area contributed by atoms with Crippen molar-refractivity contribution >= 4 is 11.9 Å². The Labute approximate surface area is 341 Å². The van der Waals surface area contributed by atoms with Crippen LogP contribution in [0.15, 0.2) is 0 Å². The molecule has 0 spiro atoms. The van der Waals surface area contributed by atoms with E-state index in [0.29, 0.717) is 19.4 Å². The standard InChI is InChI=1S/C42H78N2O13/c1-16-18-31(45)55-37-27(7)44(14)22-23(3)20-40(9,49)36(57-39-33(46)29(43(12)13)19-24(4)52-39)25(5)34(26(6)38(48)54-30(17-2)42(37,11)50)56-32-21-41(10,51-15)35(47)28(8)53-32/h23-30,32-37,39,46-47,49-50H,16-22H2,1-15H3/t23-,24-,25+,26-,27-,28+,29?,30-,32+,33-,34+,35+,36-,37-,39+,40-,41-,42-/m1/s1. The summed E-state index contributed by atoms with van der Waals surface area (Å²) in [6.45, 7) is 20.0. The molecule has 0 bridgehead atoms. The Kier molecular flexibility index (Phi) is 17.8. The third kappa shape index (κ3) is 11.9. The van der Waals surface area contributed by atoms with E-state index in [9.17, 15) is 30.0 Å². The van der Waals surface area contributed by atoms with Crippen LogP contribution in [0, 0.1) is 17.8 Å². The number of carbonyl (C=O) groups is 2. The lowest BCUT2D eigenvalue weighted by atomic mass is 9.77. The highest BCUT2D eigenvalue weighted by molar-refractivity contribution is 5.73. The van der Waals surface area contributed by atoms with Crippen molar-refractivity contribution in [1.29, 1.82) is 0 Å². The summed E-state index contributed by atoms with van der Waals surface area (Å²) in [5.74, 6) is -3.16. The fourth-order valence-electron chi connectivity index (χ4n) is 9.34. The Morgan fingerprint density at radius 2 is 1.60 bits per heavy atom. The molecule has 0 aromatic rings. The van der Waals surface area contributed by atoms with Crippen molar-refractivity contribution in [2.75, 3.05) is 34.8 Å². The maximum Gasteiger partial charge on any atom is 0.311 e. The van der Waals surface area contributed by atoms with Gasteiger partial charge in [-0.3, -0.25) is 14.5 Å². The summed E-state index contributed by atoms with van der Waals surface area (Å²) in [6.07, 6.45) is -7.55. The number of likely N-dealkylation sites (N-methyl/N-ethyl adjacent to an activating group) is 2. The lowest BCUT2D eigenvalue weighted by molar-refractivity contribution is -0.318. The Bertz CT molecular complexity index is 1290. The first kappa shape index (κ1) is 49.9. The molecule has 3 saturated heterocycles. The largest absolute Gasteiger partial charge is 0.459 e. The van der Waals surface area contributed by atoms with E-state index in [1.807, 2.05) is 65.6 Å². The zero-order valence-electron chi connectivity index (χ0n) is 37.5. The second-order valence-electron chi connectivity index (χ2n) is 18.4. The van der Waals surface area contributed by atoms with Crippen LogP contribution >= 0.6 is 0 Å². The fraction of sp³-hybridized carbons (Fsp3) is 0.952. The van der Waals surface area contributed by atoms with Crippen molar-refractivity contribution in [3.8, 4) is 0 Å². The molecule has 0 aromatic heterocycles. The smallest absolute Gasteiger partial charge is 0.311 e. The molecule has 15 nitrogen and oxygen atoms in total. The molecular formula is C42H78N2O13. The van der Waals surface area contributed by atoms with Crippen LogP contribution in [0.5, 0.6) is 0 Å². The topological polar surface area (TPSA) is 186 Å². The van der Waals surface area contributed by atoms with Crippen molar-refractivity contribution in [1.82, 2.24) is 9.80 Å². The quantitative estimate of drug-likeness (QED) is 0.235. The summed E-state index contributed by atoms with van der Waals surface area (Å²) in [6, 6.07) is -0.818. The van der Waals surface area contributed by atoms with Gasteiger partial charge in [-0.05, 0) is 101 Å². The molecule has 4 N–H and O–H groups in total. The van der Waals surface area contributed by atoms with Crippen molar-refractivity contribution in [2.24, 2.45) is 17.8 Å². The van der Waals surface area contributed by atoms with Crippen LogP contribution in [0.25, 0.3) is 0 Å². The summed E-state index contributed by atoms with van der Waals surface area (Å²) >= 11 is 0. The highest BCUT2D eigenvalue weighted by Crippen LogP contribution is 2.40. The van der Waals surface area contributed by atoms with Crippen LogP contribution in [-0.4, -0.2) is 167 Å². The van der Waals surface area contributed by atoms with Gasteiger partial charge in [0.05, 0.1) is 41.5 Å². The van der Waals surface area contributed by atoms with Crippen LogP contribution in [0.2, 0.25) is 0 Å². The Morgan fingerprint density at radius 1 is 0.965 bits per heavy atom. The number of aliphatic hydroxyl groups excluding tert-OH is 2. The van der Waals surface area contributed by atoms with Gasteiger partial charge in [0.25, 0.3) is 0 Å². The van der Waals surface area contributed by atoms with Crippen molar-refractivity contribution in [3.63, 3.8) is 0 Å². The number of cyclic esters (lactones) is 1. The molecule has 0 radical (unpaired) electrons. The van der Waals surface area contributed by atoms with Gasteiger partial charge in [0, 0.05) is 44.5 Å². The van der Waals surface area contributed by atoms with Crippen LogP contribution in [0.3, 0.4) is 0 Å². The van der Waals surface area contributed by atoms with Crippen LogP contribution < -0.4 is 0 Å². The Hall–Kier alpha value is -1.50. The molecule has 1 unspecified atom stereocenters. The Balaban J connectivity index is 2.21. The van der Waals surface area contributed by atoms with Crippen molar-refractivity contribution in [3.05, 3.63) is 0 Å². The van der Waals surface area contributed by atoms with Gasteiger partial charge < -0.3 is 58.5 Å². The SMILES string of the molecule is CCCC(=O)O[C@@H]1[C@@H](C)N(C)C[C@H](C)C[C@@](C)(O)[C@H](O[C@@H]2O[C@H](C)CC(N(C)C)[C@H]2O)[C@@H](C)[C@H](O[C@H]2C[C@@](C)(OC)[C@@H](O)[C@H](C)O2)[C@@H](C)C(=O)O[C@H](CC)[C@@]1(C)O. The van der Waals surface area contributed by atoms with E-state index in [0.717, 1.165) is 0 Å². The summed E-state index contributed by atoms with van der Waals surface area (Å²) in [7, 11) is 7.14. The molecule has 3 fully saturated rings. The number of hydrogen-bond donors (Lipinski definition) is 4. The third-order valence-corrected chi connectivity index (χ3v) is 12.9. The molecule has 3 rings (SSSR count). The summed E-state index contributed by atoms with van der Waals surface area (Å²) in [5, 5.41) is 47.6. The number of rotatable bonds is 10. The maximum atomic E-state index is 14.5. The fourth-order valence-corrected chi connectivity index (χ4v) is 9.34. The molecule has 15 heteroatoms. The summed E-state index contributed by atoms with van der Waals surface area (Å²) in [4.78, 5) is 31.4. The first-order valence-electron chi connectivity index (χ1n) is 21.1. The van der Waals surface area contributed by atoms with E-state index in [1.165, 1.54) is 14.0 Å². The lowest BCUT2D eigenvalue weighted by Gasteiger charge is -2.48. The predicted octanol–water partition coefficient (Wildman–Crippen LogP) is 3.25. The lowest BCUT2D eigenvalue weighted by Crippen LogP contribution is -2.60. The molecule has 3 aliphatic heterocycles. The molecule has 334 valence electrons. The van der Waals surface area contributed by atoms with Gasteiger partial charge in [0.1, 0.15) is 30.0 Å². The minimum atomic E-state index is -1.81. The molecule has 0 amide bonds. The molecule has 0 aromatic carbocycles. The van der Waals surface area contributed by atoms with Crippen LogP contribution in [0.4, 0.5) is 0 Å².